The predicted molar refractivity (Wildman–Crippen MR) is 59.2 cm³/mol. The van der Waals surface area contributed by atoms with E-state index in [1.807, 2.05) is 0 Å². The molecule has 0 saturated carbocycles. The summed E-state index contributed by atoms with van der Waals surface area (Å²) in [7, 11) is 0. The molecule has 0 amide bonds. The van der Waals surface area contributed by atoms with Gasteiger partial charge in [-0.25, -0.2) is 13.6 Å². The maximum atomic E-state index is 13.2. The van der Waals surface area contributed by atoms with Gasteiger partial charge in [0, 0.05) is 12.8 Å². The van der Waals surface area contributed by atoms with Gasteiger partial charge in [0.15, 0.2) is 0 Å². The number of carbonyl (C=O) groups is 1. The summed E-state index contributed by atoms with van der Waals surface area (Å²) in [6.45, 7) is 3.36. The topological polar surface area (TPSA) is 26.3 Å². The molecule has 2 nitrogen and oxygen atoms in total. The first kappa shape index (κ1) is 13.1. The minimum atomic E-state index is -2.76. The summed E-state index contributed by atoms with van der Waals surface area (Å²) in [5.74, 6) is -3.28. The number of ether oxygens (including phenoxy) is 1. The van der Waals surface area contributed by atoms with Gasteiger partial charge in [0.2, 0.25) is 0 Å². The Morgan fingerprint density at radius 1 is 1.50 bits per heavy atom. The van der Waals surface area contributed by atoms with E-state index in [-0.39, 0.29) is 17.9 Å². The van der Waals surface area contributed by atoms with Gasteiger partial charge in [0.05, 0.1) is 6.61 Å². The minimum absolute atomic E-state index is 0.231. The third-order valence-electron chi connectivity index (χ3n) is 2.17. The number of carbonyl (C=O) groups excluding carboxylic acids is 1. The molecule has 90 valence electrons. The highest BCUT2D eigenvalue weighted by atomic mass is 32.1. The van der Waals surface area contributed by atoms with Gasteiger partial charge in [-0.15, -0.1) is 11.3 Å². The summed E-state index contributed by atoms with van der Waals surface area (Å²) in [4.78, 5) is 11.7. The van der Waals surface area contributed by atoms with Crippen LogP contribution in [0.5, 0.6) is 0 Å². The van der Waals surface area contributed by atoms with Crippen LogP contribution in [-0.4, -0.2) is 18.5 Å². The normalized spacial score (nSPS) is 11.5. The Labute approximate surface area is 97.2 Å². The smallest absolute Gasteiger partial charge is 0.348 e. The van der Waals surface area contributed by atoms with Crippen molar-refractivity contribution in [2.24, 2.45) is 0 Å². The number of hydrogen-bond acceptors (Lipinski definition) is 3. The van der Waals surface area contributed by atoms with Crippen molar-refractivity contribution in [3.05, 3.63) is 21.9 Å². The molecule has 0 N–H and O–H groups in total. The molecule has 1 rings (SSSR count). The molecule has 0 aliphatic rings. The first-order valence-corrected chi connectivity index (χ1v) is 5.99. The van der Waals surface area contributed by atoms with Crippen LogP contribution < -0.4 is 0 Å². The third-order valence-corrected chi connectivity index (χ3v) is 3.11. The van der Waals surface area contributed by atoms with Gasteiger partial charge < -0.3 is 4.74 Å². The maximum absolute atomic E-state index is 13.2. The van der Waals surface area contributed by atoms with E-state index in [1.54, 1.807) is 18.4 Å². The lowest BCUT2D eigenvalue weighted by Crippen LogP contribution is -2.19. The van der Waals surface area contributed by atoms with E-state index in [0.29, 0.717) is 5.56 Å². The molecular formula is C11H14F2O2S. The molecule has 5 heteroatoms. The zero-order valence-electron chi connectivity index (χ0n) is 9.26. The zero-order chi connectivity index (χ0) is 12.2. The summed E-state index contributed by atoms with van der Waals surface area (Å²) in [5, 5.41) is 1.63. The monoisotopic (exact) mass is 248 g/mol. The minimum Gasteiger partial charge on any atom is -0.462 e. The number of halogens is 2. The Morgan fingerprint density at radius 3 is 2.75 bits per heavy atom. The molecular weight excluding hydrogens is 234 g/mol. The predicted octanol–water partition coefficient (Wildman–Crippen LogP) is 3.51. The van der Waals surface area contributed by atoms with E-state index in [4.69, 9.17) is 4.74 Å². The highest BCUT2D eigenvalue weighted by molar-refractivity contribution is 7.12. The first-order valence-electron chi connectivity index (χ1n) is 5.11. The number of thiophene rings is 1. The van der Waals surface area contributed by atoms with Gasteiger partial charge in [-0.2, -0.15) is 0 Å². The number of hydrogen-bond donors (Lipinski definition) is 0. The quantitative estimate of drug-likeness (QED) is 0.745. The first-order chi connectivity index (χ1) is 7.50. The summed E-state index contributed by atoms with van der Waals surface area (Å²) in [5.41, 5.74) is 0.371. The van der Waals surface area contributed by atoms with Crippen LogP contribution in [0.15, 0.2) is 11.4 Å². The number of alkyl halides is 2. The fourth-order valence-corrected chi connectivity index (χ4v) is 2.07. The van der Waals surface area contributed by atoms with Crippen LogP contribution in [0.4, 0.5) is 8.78 Å². The SMILES string of the molecule is CCOC(=O)c1sccc1CC(F)(F)CC. The second kappa shape index (κ2) is 5.39. The highest BCUT2D eigenvalue weighted by Crippen LogP contribution is 2.28. The summed E-state index contributed by atoms with van der Waals surface area (Å²) in [6.07, 6.45) is -0.633. The third kappa shape index (κ3) is 3.27. The fraction of sp³-hybridized carbons (Fsp3) is 0.545. The van der Waals surface area contributed by atoms with Crippen LogP contribution in [0.3, 0.4) is 0 Å². The summed E-state index contributed by atoms with van der Waals surface area (Å²) in [6, 6.07) is 1.56. The van der Waals surface area contributed by atoms with Crippen molar-refractivity contribution in [3.8, 4) is 0 Å². The maximum Gasteiger partial charge on any atom is 0.348 e. The molecule has 0 atom stereocenters. The van der Waals surface area contributed by atoms with Crippen molar-refractivity contribution in [2.45, 2.75) is 32.6 Å². The molecule has 0 radical (unpaired) electrons. The van der Waals surface area contributed by atoms with Crippen molar-refractivity contribution in [1.82, 2.24) is 0 Å². The van der Waals surface area contributed by atoms with Gasteiger partial charge in [0.25, 0.3) is 5.92 Å². The average Bonchev–Trinajstić information content (AvgIpc) is 2.65. The average molecular weight is 248 g/mol. The molecule has 0 fully saturated rings. The summed E-state index contributed by atoms with van der Waals surface area (Å²) >= 11 is 1.14. The zero-order valence-corrected chi connectivity index (χ0v) is 10.1. The number of esters is 1. The van der Waals surface area contributed by atoms with Gasteiger partial charge in [-0.05, 0) is 23.9 Å². The molecule has 0 spiro atoms. The molecule has 0 unspecified atom stereocenters. The Morgan fingerprint density at radius 2 is 2.19 bits per heavy atom. The van der Waals surface area contributed by atoms with Crippen LogP contribution in [-0.2, 0) is 11.2 Å². The van der Waals surface area contributed by atoms with E-state index in [9.17, 15) is 13.6 Å². The lowest BCUT2D eigenvalue weighted by molar-refractivity contribution is -0.00233. The molecule has 0 bridgehead atoms. The Hall–Kier alpha value is -0.970. The molecule has 1 heterocycles. The van der Waals surface area contributed by atoms with Gasteiger partial charge >= 0.3 is 5.97 Å². The highest BCUT2D eigenvalue weighted by Gasteiger charge is 2.29. The van der Waals surface area contributed by atoms with E-state index in [0.717, 1.165) is 11.3 Å². The van der Waals surface area contributed by atoms with Crippen LogP contribution in [0.25, 0.3) is 0 Å². The Bertz CT molecular complexity index is 361. The van der Waals surface area contributed by atoms with Crippen molar-refractivity contribution < 1.29 is 18.3 Å². The van der Waals surface area contributed by atoms with Gasteiger partial charge in [-0.1, -0.05) is 6.92 Å². The Balaban J connectivity index is 2.82. The van der Waals surface area contributed by atoms with Crippen molar-refractivity contribution in [3.63, 3.8) is 0 Å². The van der Waals surface area contributed by atoms with E-state index < -0.39 is 18.3 Å². The van der Waals surface area contributed by atoms with Gasteiger partial charge in [0.1, 0.15) is 4.88 Å². The molecule has 0 saturated heterocycles. The standard InChI is InChI=1S/C11H14F2O2S/c1-3-11(12,13)7-8-5-6-16-9(8)10(14)15-4-2/h5-6H,3-4,7H2,1-2H3. The van der Waals surface area contributed by atoms with Crippen LogP contribution >= 0.6 is 11.3 Å². The second-order valence-electron chi connectivity index (χ2n) is 3.38. The van der Waals surface area contributed by atoms with Crippen LogP contribution in [0.1, 0.15) is 35.5 Å². The van der Waals surface area contributed by atoms with Crippen molar-refractivity contribution in [1.29, 1.82) is 0 Å². The van der Waals surface area contributed by atoms with Gasteiger partial charge in [-0.3, -0.25) is 0 Å². The van der Waals surface area contributed by atoms with Crippen molar-refractivity contribution >= 4 is 17.3 Å². The molecule has 0 aliphatic carbocycles. The molecule has 16 heavy (non-hydrogen) atoms. The summed E-state index contributed by atoms with van der Waals surface area (Å²) < 4.78 is 31.2. The van der Waals surface area contributed by atoms with Crippen molar-refractivity contribution in [2.75, 3.05) is 6.61 Å². The molecule has 1 aromatic rings. The van der Waals surface area contributed by atoms with E-state index in [1.165, 1.54) is 6.92 Å². The lowest BCUT2D eigenvalue weighted by Gasteiger charge is -2.13. The number of rotatable bonds is 5. The largest absolute Gasteiger partial charge is 0.462 e. The molecule has 0 aromatic carbocycles. The molecule has 1 aromatic heterocycles. The lowest BCUT2D eigenvalue weighted by atomic mass is 10.1. The van der Waals surface area contributed by atoms with Crippen LogP contribution in [0, 0.1) is 0 Å². The second-order valence-corrected chi connectivity index (χ2v) is 4.30. The van der Waals surface area contributed by atoms with E-state index >= 15 is 0 Å². The molecule has 0 aliphatic heterocycles. The Kier molecular flexibility index (Phi) is 4.41. The van der Waals surface area contributed by atoms with E-state index in [2.05, 4.69) is 0 Å². The fourth-order valence-electron chi connectivity index (χ4n) is 1.25. The van der Waals surface area contributed by atoms with Crippen LogP contribution in [0.2, 0.25) is 0 Å².